The lowest BCUT2D eigenvalue weighted by molar-refractivity contribution is 0.0696. The van der Waals surface area contributed by atoms with Crippen LogP contribution >= 0.6 is 0 Å². The third-order valence-corrected chi connectivity index (χ3v) is 7.64. The van der Waals surface area contributed by atoms with Crippen molar-refractivity contribution in [2.24, 2.45) is 0 Å². The molecule has 1 saturated carbocycles. The minimum absolute atomic E-state index is 0.128. The number of H-pyrrole nitrogens is 1. The summed E-state index contributed by atoms with van der Waals surface area (Å²) in [6.45, 7) is 5.69. The predicted molar refractivity (Wildman–Crippen MR) is 126 cm³/mol. The number of para-hydroxylation sites is 1. The maximum atomic E-state index is 13.4. The molecule has 0 unspecified atom stereocenters. The maximum Gasteiger partial charge on any atom is 0.255 e. The minimum Gasteiger partial charge on any atom is -0.358 e. The highest BCUT2D eigenvalue weighted by atomic mass is 16.2. The van der Waals surface area contributed by atoms with E-state index in [1.807, 2.05) is 29.3 Å². The second-order valence-electron chi connectivity index (χ2n) is 9.44. The summed E-state index contributed by atoms with van der Waals surface area (Å²) in [7, 11) is 0. The number of nitrogens with one attached hydrogen (secondary N) is 1. The first-order valence-corrected chi connectivity index (χ1v) is 11.8. The van der Waals surface area contributed by atoms with Gasteiger partial charge in [-0.25, -0.2) is 9.97 Å². The van der Waals surface area contributed by atoms with Gasteiger partial charge in [-0.1, -0.05) is 18.6 Å². The number of likely N-dealkylation sites (tertiary alicyclic amines) is 1. The fraction of sp³-hybridized carbons (Fsp3) is 0.423. The highest BCUT2D eigenvalue weighted by Crippen LogP contribution is 2.40. The summed E-state index contributed by atoms with van der Waals surface area (Å²) >= 11 is 0. The van der Waals surface area contributed by atoms with Crippen LogP contribution in [-0.4, -0.2) is 43.4 Å². The summed E-state index contributed by atoms with van der Waals surface area (Å²) in [6, 6.07) is 10.4. The van der Waals surface area contributed by atoms with Crippen molar-refractivity contribution in [1.29, 1.82) is 0 Å². The zero-order chi connectivity index (χ0) is 21.8. The van der Waals surface area contributed by atoms with E-state index in [1.54, 1.807) is 0 Å². The molecule has 6 rings (SSSR count). The Morgan fingerprint density at radius 1 is 1.06 bits per heavy atom. The van der Waals surface area contributed by atoms with E-state index in [0.717, 1.165) is 59.3 Å². The number of benzene rings is 1. The van der Waals surface area contributed by atoms with Crippen LogP contribution in [0, 0.1) is 13.8 Å². The Balaban J connectivity index is 1.27. The molecule has 1 aromatic carbocycles. The molecule has 1 saturated heterocycles. The van der Waals surface area contributed by atoms with Crippen LogP contribution in [0.4, 0.5) is 0 Å². The second-order valence-corrected chi connectivity index (χ2v) is 9.44. The van der Waals surface area contributed by atoms with E-state index < -0.39 is 0 Å². The molecule has 1 N–H and O–H groups in total. The summed E-state index contributed by atoms with van der Waals surface area (Å²) in [5.41, 5.74) is 6.09. The number of carbonyl (C=O) groups is 1. The summed E-state index contributed by atoms with van der Waals surface area (Å²) in [6.07, 6.45) is 7.47. The monoisotopic (exact) mass is 427 g/mol. The van der Waals surface area contributed by atoms with Crippen LogP contribution in [0.25, 0.3) is 22.1 Å². The molecule has 4 heterocycles. The van der Waals surface area contributed by atoms with E-state index in [9.17, 15) is 4.79 Å². The van der Waals surface area contributed by atoms with Crippen molar-refractivity contribution in [2.75, 3.05) is 13.1 Å². The lowest BCUT2D eigenvalue weighted by Crippen LogP contribution is -2.39. The Kier molecular flexibility index (Phi) is 4.56. The van der Waals surface area contributed by atoms with Gasteiger partial charge in [0.15, 0.2) is 5.65 Å². The van der Waals surface area contributed by atoms with Gasteiger partial charge < -0.3 is 14.5 Å². The maximum absolute atomic E-state index is 13.4. The topological polar surface area (TPSA) is 66.8 Å². The molecule has 6 nitrogen and oxygen atoms in total. The first-order valence-electron chi connectivity index (χ1n) is 11.8. The number of aryl methyl sites for hydroxylation is 2. The first-order chi connectivity index (χ1) is 15.6. The van der Waals surface area contributed by atoms with Gasteiger partial charge in [-0.3, -0.25) is 4.79 Å². The van der Waals surface area contributed by atoms with E-state index in [1.165, 1.54) is 30.7 Å². The summed E-state index contributed by atoms with van der Waals surface area (Å²) < 4.78 is 2.40. The molecule has 0 spiro atoms. The van der Waals surface area contributed by atoms with Gasteiger partial charge in [0.1, 0.15) is 11.3 Å². The molecule has 2 aliphatic rings. The molecule has 0 atom stereocenters. The standard InChI is InChI=1S/C26H29N5O/c1-16-17(2)28-23-20(16)8-4-9-21(23)26(32)30-14-11-19(12-15-30)31-24(18-6-3-7-18)29-22-10-5-13-27-25(22)31/h4-5,8-10,13,18-19,28H,3,6-7,11-12,14-15H2,1-2H3. The lowest BCUT2D eigenvalue weighted by atomic mass is 9.84. The molecule has 1 aliphatic heterocycles. The number of aromatic nitrogens is 4. The molecular weight excluding hydrogens is 398 g/mol. The van der Waals surface area contributed by atoms with E-state index >= 15 is 0 Å². The number of pyridine rings is 1. The smallest absolute Gasteiger partial charge is 0.255 e. The predicted octanol–water partition coefficient (Wildman–Crippen LogP) is 5.27. The zero-order valence-corrected chi connectivity index (χ0v) is 18.8. The Labute approximate surface area is 187 Å². The number of hydrogen-bond acceptors (Lipinski definition) is 3. The summed E-state index contributed by atoms with van der Waals surface area (Å²) in [5, 5.41) is 1.14. The highest BCUT2D eigenvalue weighted by Gasteiger charge is 2.32. The number of aromatic amines is 1. The first kappa shape index (κ1) is 19.5. The van der Waals surface area contributed by atoms with E-state index in [-0.39, 0.29) is 5.91 Å². The average molecular weight is 428 g/mol. The van der Waals surface area contributed by atoms with Crippen molar-refractivity contribution in [1.82, 2.24) is 24.4 Å². The molecule has 0 radical (unpaired) electrons. The number of imidazole rings is 1. The normalized spacial score (nSPS) is 17.9. The number of piperidine rings is 1. The van der Waals surface area contributed by atoms with Crippen LogP contribution in [0.2, 0.25) is 0 Å². The van der Waals surface area contributed by atoms with E-state index in [0.29, 0.717) is 12.0 Å². The molecule has 0 bridgehead atoms. The van der Waals surface area contributed by atoms with Crippen LogP contribution < -0.4 is 0 Å². The van der Waals surface area contributed by atoms with Crippen molar-refractivity contribution < 1.29 is 4.79 Å². The number of rotatable bonds is 3. The number of hydrogen-bond donors (Lipinski definition) is 1. The SMILES string of the molecule is Cc1[nH]c2c(C(=O)N3CCC(n4c(C5CCC5)nc5cccnc54)CC3)cccc2c1C. The fourth-order valence-electron chi connectivity index (χ4n) is 5.42. The zero-order valence-electron chi connectivity index (χ0n) is 18.8. The number of amides is 1. The average Bonchev–Trinajstić information content (AvgIpc) is 3.29. The van der Waals surface area contributed by atoms with Crippen LogP contribution in [0.1, 0.15) is 71.5 Å². The molecule has 4 aromatic rings. The molecule has 164 valence electrons. The van der Waals surface area contributed by atoms with Gasteiger partial charge in [0.05, 0.1) is 11.1 Å². The van der Waals surface area contributed by atoms with Crippen molar-refractivity contribution in [2.45, 2.75) is 57.9 Å². The quantitative estimate of drug-likeness (QED) is 0.484. The van der Waals surface area contributed by atoms with Crippen LogP contribution in [-0.2, 0) is 0 Å². The third-order valence-electron chi connectivity index (χ3n) is 7.64. The number of carbonyl (C=O) groups excluding carboxylic acids is 1. The number of nitrogens with zero attached hydrogens (tertiary/aromatic N) is 4. The van der Waals surface area contributed by atoms with Crippen molar-refractivity contribution >= 4 is 28.0 Å². The van der Waals surface area contributed by atoms with Gasteiger partial charge in [-0.2, -0.15) is 0 Å². The molecule has 6 heteroatoms. The molecule has 1 aliphatic carbocycles. The Morgan fingerprint density at radius 2 is 1.88 bits per heavy atom. The van der Waals surface area contributed by atoms with Gasteiger partial charge in [0, 0.05) is 42.3 Å². The van der Waals surface area contributed by atoms with Gasteiger partial charge in [0.25, 0.3) is 5.91 Å². The lowest BCUT2D eigenvalue weighted by Gasteiger charge is -2.35. The van der Waals surface area contributed by atoms with Gasteiger partial charge in [-0.15, -0.1) is 0 Å². The Morgan fingerprint density at radius 3 is 2.62 bits per heavy atom. The van der Waals surface area contributed by atoms with Crippen molar-refractivity contribution in [3.63, 3.8) is 0 Å². The fourth-order valence-corrected chi connectivity index (χ4v) is 5.42. The number of fused-ring (bicyclic) bond motifs is 2. The Bertz CT molecular complexity index is 1320. The molecule has 2 fully saturated rings. The van der Waals surface area contributed by atoms with Crippen LogP contribution in [0.15, 0.2) is 36.5 Å². The molecule has 32 heavy (non-hydrogen) atoms. The van der Waals surface area contributed by atoms with Gasteiger partial charge in [-0.05, 0) is 63.3 Å². The van der Waals surface area contributed by atoms with Gasteiger partial charge >= 0.3 is 0 Å². The minimum atomic E-state index is 0.128. The largest absolute Gasteiger partial charge is 0.358 e. The van der Waals surface area contributed by atoms with E-state index in [2.05, 4.69) is 40.5 Å². The summed E-state index contributed by atoms with van der Waals surface area (Å²) in [5.74, 6) is 1.89. The van der Waals surface area contributed by atoms with Crippen LogP contribution in [0.3, 0.4) is 0 Å². The highest BCUT2D eigenvalue weighted by molar-refractivity contribution is 6.06. The molecular formula is C26H29N5O. The molecule has 1 amide bonds. The van der Waals surface area contributed by atoms with Gasteiger partial charge in [0.2, 0.25) is 0 Å². The van der Waals surface area contributed by atoms with E-state index in [4.69, 9.17) is 4.98 Å². The second kappa shape index (κ2) is 7.47. The van der Waals surface area contributed by atoms with Crippen molar-refractivity contribution in [3.05, 3.63) is 59.2 Å². The third kappa shape index (κ3) is 2.96. The molecule has 3 aromatic heterocycles. The Hall–Kier alpha value is -3.15. The van der Waals surface area contributed by atoms with Crippen LogP contribution in [0.5, 0.6) is 0 Å². The van der Waals surface area contributed by atoms with Crippen molar-refractivity contribution in [3.8, 4) is 0 Å². The summed E-state index contributed by atoms with van der Waals surface area (Å²) in [4.78, 5) is 28.5.